The molecule has 3 aromatic rings. The van der Waals surface area contributed by atoms with Crippen molar-refractivity contribution in [2.75, 3.05) is 0 Å². The van der Waals surface area contributed by atoms with E-state index in [0.717, 1.165) is 5.56 Å². The van der Waals surface area contributed by atoms with E-state index in [-0.39, 0.29) is 11.5 Å². The van der Waals surface area contributed by atoms with Crippen molar-refractivity contribution < 1.29 is 4.39 Å². The maximum atomic E-state index is 12.9. The Bertz CT molecular complexity index is 806. The van der Waals surface area contributed by atoms with Gasteiger partial charge in [-0.2, -0.15) is 0 Å². The molecule has 2 aromatic heterocycles. The Balaban J connectivity index is 1.98. The molecule has 5 nitrogen and oxygen atoms in total. The van der Waals surface area contributed by atoms with Gasteiger partial charge in [0.1, 0.15) is 11.5 Å². The summed E-state index contributed by atoms with van der Waals surface area (Å²) in [5.41, 5.74) is 1.21. The van der Waals surface area contributed by atoms with Crippen LogP contribution in [-0.2, 0) is 13.6 Å². The molecule has 0 amide bonds. The summed E-state index contributed by atoms with van der Waals surface area (Å²) in [5, 5.41) is 4.31. The van der Waals surface area contributed by atoms with Crippen molar-refractivity contribution in [3.63, 3.8) is 0 Å². The highest BCUT2D eigenvalue weighted by Crippen LogP contribution is 2.11. The first-order valence-electron chi connectivity index (χ1n) is 6.45. The van der Waals surface area contributed by atoms with E-state index in [1.165, 1.54) is 21.4 Å². The van der Waals surface area contributed by atoms with Crippen LogP contribution in [0.1, 0.15) is 5.56 Å². The minimum atomic E-state index is -0.304. The average molecular weight is 284 g/mol. The van der Waals surface area contributed by atoms with Crippen LogP contribution in [0, 0.1) is 5.82 Å². The molecule has 0 saturated carbocycles. The van der Waals surface area contributed by atoms with Crippen LogP contribution in [0.2, 0.25) is 0 Å². The topological polar surface area (TPSA) is 52.7 Å². The fourth-order valence-electron chi connectivity index (χ4n) is 2.07. The van der Waals surface area contributed by atoms with Gasteiger partial charge in [0, 0.05) is 13.2 Å². The Hall–Kier alpha value is -2.76. The number of benzene rings is 1. The average Bonchev–Trinajstić information content (AvgIpc) is 2.79. The van der Waals surface area contributed by atoms with Crippen molar-refractivity contribution in [3.8, 4) is 11.5 Å². The molecule has 0 unspecified atom stereocenters. The van der Waals surface area contributed by atoms with Crippen LogP contribution in [0.5, 0.6) is 0 Å². The molecule has 0 atom stereocenters. The number of pyridine rings is 1. The lowest BCUT2D eigenvalue weighted by Gasteiger charge is -1.99. The molecule has 0 aliphatic heterocycles. The summed E-state index contributed by atoms with van der Waals surface area (Å²) < 4.78 is 15.7. The van der Waals surface area contributed by atoms with Crippen LogP contribution in [-0.4, -0.2) is 19.3 Å². The highest BCUT2D eigenvalue weighted by Gasteiger charge is 2.13. The van der Waals surface area contributed by atoms with E-state index < -0.39 is 0 Å². The van der Waals surface area contributed by atoms with E-state index >= 15 is 0 Å². The molecule has 0 bridgehead atoms. The van der Waals surface area contributed by atoms with E-state index in [0.29, 0.717) is 18.1 Å². The Morgan fingerprint density at radius 1 is 1.14 bits per heavy atom. The van der Waals surface area contributed by atoms with Crippen molar-refractivity contribution in [2.24, 2.45) is 7.05 Å². The zero-order valence-corrected chi connectivity index (χ0v) is 11.4. The molecule has 0 N–H and O–H groups in total. The molecule has 21 heavy (non-hydrogen) atoms. The fraction of sp³-hybridized carbons (Fsp3) is 0.133. The summed E-state index contributed by atoms with van der Waals surface area (Å²) in [6.45, 7) is 0.291. The molecular formula is C15H13FN4O. The molecule has 2 heterocycles. The molecule has 3 rings (SSSR count). The second-order valence-corrected chi connectivity index (χ2v) is 4.66. The maximum Gasteiger partial charge on any atom is 0.346 e. The SMILES string of the molecule is Cn1c(-c2ccccn2)nn(Cc2ccc(F)cc2)c1=O. The smallest absolute Gasteiger partial charge is 0.277 e. The Labute approximate surface area is 120 Å². The van der Waals surface area contributed by atoms with Gasteiger partial charge in [0.15, 0.2) is 5.82 Å². The van der Waals surface area contributed by atoms with Gasteiger partial charge >= 0.3 is 5.69 Å². The number of hydrogen-bond donors (Lipinski definition) is 0. The summed E-state index contributed by atoms with van der Waals surface area (Å²) in [4.78, 5) is 16.4. The third-order valence-corrected chi connectivity index (χ3v) is 3.18. The number of nitrogens with zero attached hydrogens (tertiary/aromatic N) is 4. The summed E-state index contributed by atoms with van der Waals surface area (Å²) in [6.07, 6.45) is 1.65. The van der Waals surface area contributed by atoms with Crippen molar-refractivity contribution in [1.82, 2.24) is 19.3 Å². The molecule has 6 heteroatoms. The second kappa shape index (κ2) is 5.32. The zero-order chi connectivity index (χ0) is 14.8. The minimum Gasteiger partial charge on any atom is -0.277 e. The fourth-order valence-corrected chi connectivity index (χ4v) is 2.07. The summed E-state index contributed by atoms with van der Waals surface area (Å²) >= 11 is 0. The Morgan fingerprint density at radius 2 is 1.90 bits per heavy atom. The molecule has 0 fully saturated rings. The van der Waals surface area contributed by atoms with E-state index in [2.05, 4.69) is 10.1 Å². The van der Waals surface area contributed by atoms with Gasteiger partial charge in [0.2, 0.25) is 0 Å². The van der Waals surface area contributed by atoms with Crippen molar-refractivity contribution in [2.45, 2.75) is 6.54 Å². The zero-order valence-electron chi connectivity index (χ0n) is 11.4. The lowest BCUT2D eigenvalue weighted by atomic mass is 10.2. The first kappa shape index (κ1) is 13.2. The maximum absolute atomic E-state index is 12.9. The lowest BCUT2D eigenvalue weighted by molar-refractivity contribution is 0.621. The van der Waals surface area contributed by atoms with Crippen LogP contribution in [0.15, 0.2) is 53.5 Å². The molecular weight excluding hydrogens is 271 g/mol. The van der Waals surface area contributed by atoms with Gasteiger partial charge in [-0.05, 0) is 29.8 Å². The van der Waals surface area contributed by atoms with Crippen LogP contribution in [0.25, 0.3) is 11.5 Å². The molecule has 106 valence electrons. The standard InChI is InChI=1S/C15H13FN4O/c1-19-14(13-4-2-3-9-17-13)18-20(15(19)21)10-11-5-7-12(16)8-6-11/h2-9H,10H2,1H3. The number of hydrogen-bond acceptors (Lipinski definition) is 3. The summed E-state index contributed by atoms with van der Waals surface area (Å²) in [5.74, 6) is 0.198. The highest BCUT2D eigenvalue weighted by molar-refractivity contribution is 5.48. The predicted octanol–water partition coefficient (Wildman–Crippen LogP) is 1.83. The number of halogens is 1. The van der Waals surface area contributed by atoms with Crippen molar-refractivity contribution in [1.29, 1.82) is 0 Å². The van der Waals surface area contributed by atoms with Gasteiger partial charge in [-0.15, -0.1) is 5.10 Å². The van der Waals surface area contributed by atoms with Crippen LogP contribution in [0.3, 0.4) is 0 Å². The van der Waals surface area contributed by atoms with Crippen molar-refractivity contribution >= 4 is 0 Å². The van der Waals surface area contributed by atoms with E-state index in [1.807, 2.05) is 6.07 Å². The molecule has 0 spiro atoms. The van der Waals surface area contributed by atoms with E-state index in [9.17, 15) is 9.18 Å². The molecule has 1 aromatic carbocycles. The van der Waals surface area contributed by atoms with Crippen LogP contribution >= 0.6 is 0 Å². The van der Waals surface area contributed by atoms with E-state index in [1.54, 1.807) is 37.5 Å². The monoisotopic (exact) mass is 284 g/mol. The summed E-state index contributed by atoms with van der Waals surface area (Å²) in [7, 11) is 1.65. The van der Waals surface area contributed by atoms with Gasteiger partial charge in [-0.1, -0.05) is 18.2 Å². The van der Waals surface area contributed by atoms with Crippen molar-refractivity contribution in [3.05, 3.63) is 70.5 Å². The summed E-state index contributed by atoms with van der Waals surface area (Å²) in [6, 6.07) is 11.4. The van der Waals surface area contributed by atoms with Crippen LogP contribution < -0.4 is 5.69 Å². The Morgan fingerprint density at radius 3 is 2.57 bits per heavy atom. The molecule has 0 aliphatic carbocycles. The highest BCUT2D eigenvalue weighted by atomic mass is 19.1. The number of rotatable bonds is 3. The first-order chi connectivity index (χ1) is 10.1. The quantitative estimate of drug-likeness (QED) is 0.737. The van der Waals surface area contributed by atoms with Gasteiger partial charge in [0.05, 0.1) is 6.54 Å². The van der Waals surface area contributed by atoms with E-state index in [4.69, 9.17) is 0 Å². The third-order valence-electron chi connectivity index (χ3n) is 3.18. The lowest BCUT2D eigenvalue weighted by Crippen LogP contribution is -2.23. The number of aromatic nitrogens is 4. The van der Waals surface area contributed by atoms with Gasteiger partial charge in [-0.3, -0.25) is 9.55 Å². The first-order valence-corrected chi connectivity index (χ1v) is 6.45. The molecule has 0 aliphatic rings. The van der Waals surface area contributed by atoms with Crippen LogP contribution in [0.4, 0.5) is 4.39 Å². The molecule has 0 radical (unpaired) electrons. The largest absolute Gasteiger partial charge is 0.346 e. The third kappa shape index (κ3) is 2.60. The van der Waals surface area contributed by atoms with Gasteiger partial charge in [0.25, 0.3) is 0 Å². The predicted molar refractivity (Wildman–Crippen MR) is 76.2 cm³/mol. The normalized spacial score (nSPS) is 10.8. The molecule has 0 saturated heterocycles. The second-order valence-electron chi connectivity index (χ2n) is 4.66. The minimum absolute atomic E-state index is 0.236. The van der Waals surface area contributed by atoms with Gasteiger partial charge < -0.3 is 0 Å². The van der Waals surface area contributed by atoms with Gasteiger partial charge in [-0.25, -0.2) is 13.9 Å². The Kier molecular flexibility index (Phi) is 3.35.